The first kappa shape index (κ1) is 103. The quantitative estimate of drug-likeness (QED) is 0.0159. The highest BCUT2D eigenvalue weighted by molar-refractivity contribution is 5.81. The highest BCUT2D eigenvalue weighted by Crippen LogP contribution is 2.37. The van der Waals surface area contributed by atoms with E-state index in [-0.39, 0.29) is 57.9 Å². The molecule has 0 heterocycles. The van der Waals surface area contributed by atoms with Crippen molar-refractivity contribution in [1.82, 2.24) is 40.9 Å². The summed E-state index contributed by atoms with van der Waals surface area (Å²) >= 11 is 0. The molecular weight excluding hydrogens is 1400 g/mol. The lowest BCUT2D eigenvalue weighted by molar-refractivity contribution is -0.145. The Bertz CT molecular complexity index is 2540. The van der Waals surface area contributed by atoms with E-state index in [0.29, 0.717) is 70.9 Å². The average molecular weight is 1560 g/mol. The lowest BCUT2D eigenvalue weighted by Gasteiger charge is -2.54. The zero-order chi connectivity index (χ0) is 83.2. The molecule has 0 aromatic heterocycles. The minimum atomic E-state index is -2.18. The van der Waals surface area contributed by atoms with Crippen molar-refractivity contribution in [3.8, 4) is 0 Å². The summed E-state index contributed by atoms with van der Waals surface area (Å²) < 4.78 is 36.4. The van der Waals surface area contributed by atoms with Gasteiger partial charge in [-0.2, -0.15) is 0 Å². The van der Waals surface area contributed by atoms with Crippen LogP contribution >= 0.6 is 0 Å². The predicted molar refractivity (Wildman–Crippen MR) is 430 cm³/mol. The van der Waals surface area contributed by atoms with Gasteiger partial charge in [0.2, 0.25) is 11.7 Å². The van der Waals surface area contributed by atoms with Gasteiger partial charge in [0.25, 0.3) is 5.91 Å². The number of unbranched alkanes of at least 4 members (excludes halogenated alkanes) is 24. The number of nitrogens with zero attached hydrogens (tertiary/aromatic N) is 4. The zero-order valence-corrected chi connectivity index (χ0v) is 72.5. The SMILES string of the molecule is CCCCN(C(=O)OC(C)(C)C)C(NC(=O)OC(C)(C)C)(C(CCCCCCNC(=O)CCCCCCCCCCCCCCCCCCCCCCCNC(=O)[C@H](O)[C@@H](O)[C@H](O)[C@@H](C)O)CN(CCCC(NC(=O)OC(C)(C)C)N(CCC)C(=O)OC(C)(C)C)C(=O)OC(C)(C)C)N(CCC)C(=O)OC(C)(C)C. The van der Waals surface area contributed by atoms with Gasteiger partial charge in [0.1, 0.15) is 52.0 Å². The van der Waals surface area contributed by atoms with Crippen molar-refractivity contribution in [1.29, 1.82) is 0 Å². The summed E-state index contributed by atoms with van der Waals surface area (Å²) in [6.07, 6.45) is 17.4. The fourth-order valence-corrected chi connectivity index (χ4v) is 12.6. The van der Waals surface area contributed by atoms with E-state index in [1.54, 1.807) is 125 Å². The minimum absolute atomic E-state index is 0.0156. The molecule has 0 spiro atoms. The number of aliphatic hydroxyl groups excluding tert-OH is 4. The van der Waals surface area contributed by atoms with Crippen LogP contribution in [0.5, 0.6) is 0 Å². The molecule has 8 amide bonds. The maximum Gasteiger partial charge on any atom is 0.413 e. The number of amides is 8. The third kappa shape index (κ3) is 49.5. The summed E-state index contributed by atoms with van der Waals surface area (Å²) in [6.45, 7) is 38.9. The number of carbonyl (C=O) groups is 8. The molecule has 26 nitrogen and oxygen atoms in total. The molecule has 0 aromatic rings. The number of alkyl carbamates (subject to hydrolysis) is 2. The Morgan fingerprint density at radius 1 is 0.367 bits per heavy atom. The number of hydrogen-bond donors (Lipinski definition) is 8. The van der Waals surface area contributed by atoms with E-state index in [0.717, 1.165) is 51.4 Å². The standard InChI is InChI=1S/C83H160N8O18/c1-23-26-61-91(76(103)109-82(20,21)22)83(87-72(99)105-78(8,9)10,90(59-25-3)75(102)108-81(17,18)19)64(62-88(73(100)106-79(11,12)13)60-52-54-65(86-71(98)104-77(5,6)7)89(58-24-2)74(101)107-80(14,15)16)53-48-45-47-50-56-84-66(93)55-49-44-42-40-38-36-34-32-30-28-27-29-31-33-35-37-39-41-43-46-51-57-85-70(97)69(96)68(95)67(94)63(4)92/h63-65,67-69,92,94-96H,23-62H2,1-22H3,(H,84,93)(H,85,97)(H,86,98)(H,87,99)/t63-,64?,65?,67-,68+,69-,83?/m1/s1. The van der Waals surface area contributed by atoms with E-state index >= 15 is 19.2 Å². The van der Waals surface area contributed by atoms with Gasteiger partial charge in [0, 0.05) is 58.2 Å². The number of carbonyl (C=O) groups excluding carboxylic acids is 8. The van der Waals surface area contributed by atoms with Crippen LogP contribution < -0.4 is 21.3 Å². The van der Waals surface area contributed by atoms with Crippen LogP contribution in [0.2, 0.25) is 0 Å². The first-order chi connectivity index (χ1) is 50.6. The molecule has 0 saturated carbocycles. The molecule has 8 N–H and O–H groups in total. The van der Waals surface area contributed by atoms with Crippen LogP contribution in [0.15, 0.2) is 0 Å². The molecule has 0 aliphatic carbocycles. The van der Waals surface area contributed by atoms with Gasteiger partial charge in [-0.25, -0.2) is 28.8 Å². The Kier molecular flexibility index (Phi) is 50.7. The van der Waals surface area contributed by atoms with Gasteiger partial charge in [-0.1, -0.05) is 168 Å². The van der Waals surface area contributed by atoms with Gasteiger partial charge in [-0.15, -0.1) is 0 Å². The van der Waals surface area contributed by atoms with Crippen molar-refractivity contribution in [3.05, 3.63) is 0 Å². The van der Waals surface area contributed by atoms with Crippen molar-refractivity contribution >= 4 is 48.4 Å². The Balaban J connectivity index is 6.43. The molecule has 109 heavy (non-hydrogen) atoms. The van der Waals surface area contributed by atoms with Gasteiger partial charge >= 0.3 is 36.6 Å². The van der Waals surface area contributed by atoms with Crippen molar-refractivity contribution in [2.75, 3.05) is 45.8 Å². The summed E-state index contributed by atoms with van der Waals surface area (Å²) in [6, 6.07) is 0. The van der Waals surface area contributed by atoms with Crippen LogP contribution in [-0.2, 0) is 38.0 Å². The maximum absolute atomic E-state index is 15.5. The molecule has 3 unspecified atom stereocenters. The summed E-state index contributed by atoms with van der Waals surface area (Å²) in [4.78, 5) is 120. The van der Waals surface area contributed by atoms with Crippen molar-refractivity contribution in [2.45, 2.75) is 434 Å². The summed E-state index contributed by atoms with van der Waals surface area (Å²) in [5.74, 6) is -3.96. The number of rotatable bonds is 54. The molecule has 640 valence electrons. The third-order valence-corrected chi connectivity index (χ3v) is 17.8. The van der Waals surface area contributed by atoms with Gasteiger partial charge in [0.15, 0.2) is 6.10 Å². The van der Waals surface area contributed by atoms with Crippen LogP contribution in [0, 0.1) is 5.92 Å². The number of ether oxygens (including phenoxy) is 6. The van der Waals surface area contributed by atoms with Gasteiger partial charge in [-0.3, -0.25) is 29.6 Å². The lowest BCUT2D eigenvalue weighted by Crippen LogP contribution is -2.77. The normalized spacial score (nSPS) is 14.5. The molecule has 0 aliphatic rings. The molecule has 26 heteroatoms. The maximum atomic E-state index is 15.5. The molecular formula is C83H160N8O18. The molecule has 0 aliphatic heterocycles. The molecule has 0 rings (SSSR count). The third-order valence-electron chi connectivity index (χ3n) is 17.8. The molecule has 0 aromatic carbocycles. The van der Waals surface area contributed by atoms with Crippen LogP contribution in [0.25, 0.3) is 0 Å². The Hall–Kier alpha value is -5.60. The van der Waals surface area contributed by atoms with E-state index in [9.17, 15) is 39.6 Å². The first-order valence-electron chi connectivity index (χ1n) is 41.9. The van der Waals surface area contributed by atoms with Crippen LogP contribution in [0.3, 0.4) is 0 Å². The number of nitrogens with one attached hydrogen (secondary N) is 4. The van der Waals surface area contributed by atoms with Crippen LogP contribution in [0.1, 0.15) is 364 Å². The second-order valence-corrected chi connectivity index (χ2v) is 35.8. The van der Waals surface area contributed by atoms with Crippen LogP contribution in [-0.4, -0.2) is 204 Å². The second-order valence-electron chi connectivity index (χ2n) is 35.8. The number of hydrogen-bond acceptors (Lipinski definition) is 18. The fraction of sp³-hybridized carbons (Fsp3) is 0.904. The van der Waals surface area contributed by atoms with E-state index in [4.69, 9.17) is 28.4 Å². The Morgan fingerprint density at radius 2 is 0.743 bits per heavy atom. The monoisotopic (exact) mass is 1560 g/mol. The van der Waals surface area contributed by atoms with Gasteiger partial charge in [-0.05, 0) is 189 Å². The Morgan fingerprint density at radius 3 is 1.16 bits per heavy atom. The largest absolute Gasteiger partial charge is 0.444 e. The minimum Gasteiger partial charge on any atom is -0.444 e. The fourth-order valence-electron chi connectivity index (χ4n) is 12.6. The Labute approximate surface area is 659 Å². The van der Waals surface area contributed by atoms with E-state index < -0.39 is 118 Å². The van der Waals surface area contributed by atoms with Crippen molar-refractivity contribution in [2.24, 2.45) is 5.92 Å². The molecule has 0 bridgehead atoms. The van der Waals surface area contributed by atoms with Crippen molar-refractivity contribution in [3.63, 3.8) is 0 Å². The van der Waals surface area contributed by atoms with Crippen LogP contribution in [0.4, 0.5) is 28.8 Å². The summed E-state index contributed by atoms with van der Waals surface area (Å²) in [7, 11) is 0. The predicted octanol–water partition coefficient (Wildman–Crippen LogP) is 17.2. The molecule has 0 fully saturated rings. The molecule has 0 saturated heterocycles. The summed E-state index contributed by atoms with van der Waals surface area (Å²) in [5, 5.41) is 50.6. The smallest absolute Gasteiger partial charge is 0.413 e. The first-order valence-corrected chi connectivity index (χ1v) is 41.9. The van der Waals surface area contributed by atoms with E-state index in [1.165, 1.54) is 110 Å². The second kappa shape index (κ2) is 53.4. The van der Waals surface area contributed by atoms with Gasteiger partial charge in [0.05, 0.1) is 6.10 Å². The topological polar surface area (TPSA) is 334 Å². The highest BCUT2D eigenvalue weighted by Gasteiger charge is 2.57. The van der Waals surface area contributed by atoms with Gasteiger partial charge < -0.3 is 69.7 Å². The zero-order valence-electron chi connectivity index (χ0n) is 72.5. The van der Waals surface area contributed by atoms with E-state index in [1.807, 2.05) is 20.8 Å². The highest BCUT2D eigenvalue weighted by atomic mass is 16.6. The van der Waals surface area contributed by atoms with Crippen molar-refractivity contribution < 1.29 is 87.2 Å². The average Bonchev–Trinajstić information content (AvgIpc) is 0.743. The van der Waals surface area contributed by atoms with E-state index in [2.05, 4.69) is 21.3 Å². The lowest BCUT2D eigenvalue weighted by atomic mass is 9.89. The summed E-state index contributed by atoms with van der Waals surface area (Å²) in [5.41, 5.74) is -5.96. The number of aliphatic hydroxyl groups is 4. The molecule has 0 radical (unpaired) electrons. The molecule has 7 atom stereocenters.